The second-order valence-electron chi connectivity index (χ2n) is 8.75. The third kappa shape index (κ3) is 6.39. The largest absolute Gasteiger partial charge is 0.463 e. The predicted molar refractivity (Wildman–Crippen MR) is 135 cm³/mol. The molecule has 4 amide bonds. The molecular formula is C24H33Cl2N5O4. The molecule has 35 heavy (non-hydrogen) atoms. The van der Waals surface area contributed by atoms with Gasteiger partial charge in [0.2, 0.25) is 0 Å². The van der Waals surface area contributed by atoms with Crippen molar-refractivity contribution in [2.24, 2.45) is 0 Å². The first-order valence-corrected chi connectivity index (χ1v) is 12.6. The third-order valence-corrected chi connectivity index (χ3v) is 6.71. The number of urea groups is 2. The molecule has 0 saturated carbocycles. The van der Waals surface area contributed by atoms with Crippen LogP contribution in [-0.4, -0.2) is 84.6 Å². The van der Waals surface area contributed by atoms with Crippen molar-refractivity contribution < 1.29 is 19.1 Å². The van der Waals surface area contributed by atoms with Crippen LogP contribution in [0.5, 0.6) is 0 Å². The minimum absolute atomic E-state index is 0.0648. The van der Waals surface area contributed by atoms with Crippen LogP contribution in [0, 0.1) is 0 Å². The number of hydrogen-bond acceptors (Lipinski definition) is 5. The van der Waals surface area contributed by atoms with Gasteiger partial charge in [-0.2, -0.15) is 0 Å². The van der Waals surface area contributed by atoms with Gasteiger partial charge in [-0.1, -0.05) is 29.3 Å². The first-order valence-electron chi connectivity index (χ1n) is 11.9. The second-order valence-corrected chi connectivity index (χ2v) is 9.56. The van der Waals surface area contributed by atoms with Gasteiger partial charge in [0.05, 0.1) is 28.3 Å². The fourth-order valence-electron chi connectivity index (χ4n) is 4.26. The Morgan fingerprint density at radius 2 is 1.83 bits per heavy atom. The van der Waals surface area contributed by atoms with Crippen molar-refractivity contribution in [2.45, 2.75) is 39.8 Å². The maximum Gasteiger partial charge on any atom is 0.338 e. The van der Waals surface area contributed by atoms with Gasteiger partial charge in [-0.05, 0) is 45.4 Å². The van der Waals surface area contributed by atoms with Crippen LogP contribution in [0.4, 0.5) is 9.59 Å². The molecule has 0 unspecified atom stereocenters. The average Bonchev–Trinajstić information content (AvgIpc) is 2.80. The number of esters is 1. The number of ether oxygens (including phenoxy) is 1. The lowest BCUT2D eigenvalue weighted by atomic mass is 9.94. The van der Waals surface area contributed by atoms with Crippen LogP contribution in [0.3, 0.4) is 0 Å². The van der Waals surface area contributed by atoms with Crippen molar-refractivity contribution in [3.63, 3.8) is 0 Å². The summed E-state index contributed by atoms with van der Waals surface area (Å²) in [6, 6.07) is 3.98. The molecule has 2 heterocycles. The smallest absolute Gasteiger partial charge is 0.338 e. The van der Waals surface area contributed by atoms with Crippen LogP contribution in [0.15, 0.2) is 29.5 Å². The summed E-state index contributed by atoms with van der Waals surface area (Å²) in [5.41, 5.74) is 1.59. The fourth-order valence-corrected chi connectivity index (χ4v) is 4.57. The van der Waals surface area contributed by atoms with E-state index < -0.39 is 12.0 Å². The molecule has 1 saturated heterocycles. The molecule has 0 bridgehead atoms. The van der Waals surface area contributed by atoms with Gasteiger partial charge >= 0.3 is 18.0 Å². The number of carbonyl (C=O) groups is 3. The molecule has 2 aliphatic rings. The molecule has 3 rings (SSSR count). The van der Waals surface area contributed by atoms with Gasteiger partial charge in [0.15, 0.2) is 0 Å². The van der Waals surface area contributed by atoms with Gasteiger partial charge in [0.25, 0.3) is 0 Å². The predicted octanol–water partition coefficient (Wildman–Crippen LogP) is 3.63. The molecule has 1 aromatic carbocycles. The van der Waals surface area contributed by atoms with Crippen molar-refractivity contribution in [1.82, 2.24) is 25.3 Å². The number of likely N-dealkylation sites (N-methyl/N-ethyl adjacent to an activating group) is 1. The van der Waals surface area contributed by atoms with Gasteiger partial charge in [-0.25, -0.2) is 14.4 Å². The fraction of sp³-hybridized carbons (Fsp3) is 0.542. The van der Waals surface area contributed by atoms with Gasteiger partial charge < -0.3 is 20.3 Å². The Kier molecular flexibility index (Phi) is 9.27. The number of amides is 4. The molecule has 0 aliphatic carbocycles. The zero-order chi connectivity index (χ0) is 25.7. The normalized spacial score (nSPS) is 19.2. The van der Waals surface area contributed by atoms with Crippen molar-refractivity contribution in [3.05, 3.63) is 45.1 Å². The number of hydrogen-bond donors (Lipinski definition) is 2. The second kappa shape index (κ2) is 12.0. The van der Waals surface area contributed by atoms with E-state index in [1.54, 1.807) is 34.9 Å². The number of nitrogens with zero attached hydrogens (tertiary/aromatic N) is 3. The number of piperazine rings is 1. The summed E-state index contributed by atoms with van der Waals surface area (Å²) in [4.78, 5) is 44.1. The van der Waals surface area contributed by atoms with E-state index in [2.05, 4.69) is 15.5 Å². The van der Waals surface area contributed by atoms with E-state index in [0.29, 0.717) is 66.1 Å². The first kappa shape index (κ1) is 27.1. The van der Waals surface area contributed by atoms with E-state index in [4.69, 9.17) is 27.9 Å². The van der Waals surface area contributed by atoms with Crippen LogP contribution in [0.1, 0.15) is 39.3 Å². The maximum atomic E-state index is 13.2. The lowest BCUT2D eigenvalue weighted by Crippen LogP contribution is -2.55. The Morgan fingerprint density at radius 3 is 2.40 bits per heavy atom. The van der Waals surface area contributed by atoms with Crippen LogP contribution in [0.2, 0.25) is 10.0 Å². The number of nitrogens with one attached hydrogen (secondary N) is 2. The van der Waals surface area contributed by atoms with Gasteiger partial charge in [0.1, 0.15) is 0 Å². The quantitative estimate of drug-likeness (QED) is 0.530. The molecule has 0 aromatic heterocycles. The molecule has 1 atom stereocenters. The molecule has 0 spiro atoms. The summed E-state index contributed by atoms with van der Waals surface area (Å²) in [5, 5.41) is 6.55. The number of carbonyl (C=O) groups excluding carboxylic acids is 3. The SMILES string of the molecule is CCOC(=O)C1=C(CN2CCN(C(=O)NC(C)C)CC2)N(CC)C(=O)N[C@@H]1c1ccc(Cl)c(Cl)c1. The number of halogens is 2. The molecule has 11 heteroatoms. The summed E-state index contributed by atoms with van der Waals surface area (Å²) in [6.45, 7) is 10.7. The summed E-state index contributed by atoms with van der Waals surface area (Å²) in [5.74, 6) is -0.494. The Morgan fingerprint density at radius 1 is 1.14 bits per heavy atom. The van der Waals surface area contributed by atoms with Crippen LogP contribution in [0.25, 0.3) is 0 Å². The van der Waals surface area contributed by atoms with E-state index in [1.807, 2.05) is 20.8 Å². The molecular weight excluding hydrogens is 493 g/mol. The summed E-state index contributed by atoms with van der Waals surface area (Å²) in [6.07, 6.45) is 0. The highest BCUT2D eigenvalue weighted by molar-refractivity contribution is 6.42. The van der Waals surface area contributed by atoms with Gasteiger partial charge in [0, 0.05) is 51.0 Å². The van der Waals surface area contributed by atoms with Gasteiger partial charge in [-0.3, -0.25) is 9.80 Å². The third-order valence-electron chi connectivity index (χ3n) is 5.97. The number of rotatable bonds is 7. The van der Waals surface area contributed by atoms with E-state index in [1.165, 1.54) is 0 Å². The summed E-state index contributed by atoms with van der Waals surface area (Å²) >= 11 is 12.3. The highest BCUT2D eigenvalue weighted by atomic mass is 35.5. The minimum Gasteiger partial charge on any atom is -0.463 e. The zero-order valence-electron chi connectivity index (χ0n) is 20.6. The van der Waals surface area contributed by atoms with Crippen LogP contribution >= 0.6 is 23.2 Å². The first-order chi connectivity index (χ1) is 16.7. The molecule has 0 radical (unpaired) electrons. The Hall–Kier alpha value is -2.49. The highest BCUT2D eigenvalue weighted by Gasteiger charge is 2.38. The van der Waals surface area contributed by atoms with Crippen molar-refractivity contribution in [1.29, 1.82) is 0 Å². The van der Waals surface area contributed by atoms with E-state index in [0.717, 1.165) is 0 Å². The molecule has 192 valence electrons. The monoisotopic (exact) mass is 525 g/mol. The molecule has 9 nitrogen and oxygen atoms in total. The molecule has 2 aliphatic heterocycles. The molecule has 2 N–H and O–H groups in total. The molecule has 1 fully saturated rings. The lowest BCUT2D eigenvalue weighted by Gasteiger charge is -2.40. The Labute approximate surface area is 216 Å². The van der Waals surface area contributed by atoms with E-state index >= 15 is 0 Å². The number of benzene rings is 1. The minimum atomic E-state index is -0.729. The Bertz CT molecular complexity index is 992. The van der Waals surface area contributed by atoms with E-state index in [9.17, 15) is 14.4 Å². The summed E-state index contributed by atoms with van der Waals surface area (Å²) < 4.78 is 5.41. The van der Waals surface area contributed by atoms with Crippen LogP contribution < -0.4 is 10.6 Å². The van der Waals surface area contributed by atoms with Crippen molar-refractivity contribution in [2.75, 3.05) is 45.9 Å². The maximum absolute atomic E-state index is 13.2. The van der Waals surface area contributed by atoms with Gasteiger partial charge in [-0.15, -0.1) is 0 Å². The van der Waals surface area contributed by atoms with E-state index in [-0.39, 0.29) is 24.7 Å². The standard InChI is InChI=1S/C24H33Cl2N5O4/c1-5-31-19(14-29-9-11-30(12-10-29)23(33)27-15(3)4)20(22(32)35-6-2)21(28-24(31)34)16-7-8-17(25)18(26)13-16/h7-8,13,15,21H,5-6,9-12,14H2,1-4H3,(H,27,33)(H,28,34)/t21-/m1/s1. The summed E-state index contributed by atoms with van der Waals surface area (Å²) in [7, 11) is 0. The lowest BCUT2D eigenvalue weighted by molar-refractivity contribution is -0.139. The van der Waals surface area contributed by atoms with Crippen LogP contribution in [-0.2, 0) is 9.53 Å². The average molecular weight is 526 g/mol. The van der Waals surface area contributed by atoms with Crippen molar-refractivity contribution >= 4 is 41.2 Å². The van der Waals surface area contributed by atoms with Crippen molar-refractivity contribution in [3.8, 4) is 0 Å². The Balaban J connectivity index is 1.93. The zero-order valence-corrected chi connectivity index (χ0v) is 22.1. The topological polar surface area (TPSA) is 94.2 Å². The highest BCUT2D eigenvalue weighted by Crippen LogP contribution is 2.34. The molecule has 1 aromatic rings.